The SMILES string of the molecule is CC1=CCC2CC(CN(C)C)CC1C2. The molecule has 2 aliphatic carbocycles. The Morgan fingerprint density at radius 1 is 1.29 bits per heavy atom. The lowest BCUT2D eigenvalue weighted by atomic mass is 9.68. The van der Waals surface area contributed by atoms with Gasteiger partial charge < -0.3 is 4.90 Å². The summed E-state index contributed by atoms with van der Waals surface area (Å²) >= 11 is 0. The Labute approximate surface area is 88.2 Å². The first-order valence-electron chi connectivity index (χ1n) is 5.96. The molecule has 0 aromatic rings. The summed E-state index contributed by atoms with van der Waals surface area (Å²) in [6.45, 7) is 3.62. The van der Waals surface area contributed by atoms with Crippen molar-refractivity contribution < 1.29 is 0 Å². The standard InChI is InChI=1S/C13H23N/c1-10-4-5-11-6-12(9-14(2)3)8-13(10)7-11/h4,11-13H,5-9H2,1-3H3. The largest absolute Gasteiger partial charge is 0.309 e. The lowest BCUT2D eigenvalue weighted by molar-refractivity contribution is 0.171. The monoisotopic (exact) mass is 193 g/mol. The van der Waals surface area contributed by atoms with Crippen molar-refractivity contribution in [3.8, 4) is 0 Å². The van der Waals surface area contributed by atoms with Gasteiger partial charge in [0.25, 0.3) is 0 Å². The van der Waals surface area contributed by atoms with E-state index in [-0.39, 0.29) is 0 Å². The van der Waals surface area contributed by atoms with Crippen molar-refractivity contribution in [2.24, 2.45) is 17.8 Å². The maximum absolute atomic E-state index is 2.49. The Morgan fingerprint density at radius 3 is 2.79 bits per heavy atom. The third-order valence-corrected chi connectivity index (χ3v) is 3.94. The third-order valence-electron chi connectivity index (χ3n) is 3.94. The average Bonchev–Trinajstić information content (AvgIpc) is 2.11. The maximum atomic E-state index is 2.49. The molecular formula is C13H23N. The molecule has 2 aliphatic rings. The predicted octanol–water partition coefficient (Wildman–Crippen LogP) is 2.93. The summed E-state index contributed by atoms with van der Waals surface area (Å²) in [6, 6.07) is 0. The Hall–Kier alpha value is -0.300. The first-order valence-corrected chi connectivity index (χ1v) is 5.96. The molecule has 0 aliphatic heterocycles. The van der Waals surface area contributed by atoms with E-state index in [1.54, 1.807) is 5.57 Å². The van der Waals surface area contributed by atoms with Gasteiger partial charge in [0.05, 0.1) is 0 Å². The molecular weight excluding hydrogens is 170 g/mol. The minimum Gasteiger partial charge on any atom is -0.309 e. The highest BCUT2D eigenvalue weighted by Gasteiger charge is 2.31. The number of hydrogen-bond acceptors (Lipinski definition) is 1. The van der Waals surface area contributed by atoms with Crippen LogP contribution >= 0.6 is 0 Å². The molecule has 2 rings (SSSR count). The van der Waals surface area contributed by atoms with E-state index in [2.05, 4.69) is 32.0 Å². The van der Waals surface area contributed by atoms with Crippen LogP contribution in [0.4, 0.5) is 0 Å². The molecule has 3 unspecified atom stereocenters. The molecule has 0 aromatic carbocycles. The molecule has 0 amide bonds. The molecule has 0 aromatic heterocycles. The molecule has 3 atom stereocenters. The van der Waals surface area contributed by atoms with Gasteiger partial charge in [0.2, 0.25) is 0 Å². The van der Waals surface area contributed by atoms with Crippen LogP contribution in [-0.4, -0.2) is 25.5 Å². The molecule has 0 saturated heterocycles. The number of rotatable bonds is 2. The number of fused-ring (bicyclic) bond motifs is 2. The zero-order chi connectivity index (χ0) is 10.1. The molecule has 1 saturated carbocycles. The van der Waals surface area contributed by atoms with Gasteiger partial charge in [0.15, 0.2) is 0 Å². The fraction of sp³-hybridized carbons (Fsp3) is 0.846. The Balaban J connectivity index is 1.97. The fourth-order valence-electron chi connectivity index (χ4n) is 3.31. The smallest absolute Gasteiger partial charge is 0.000388 e. The second kappa shape index (κ2) is 4.06. The van der Waals surface area contributed by atoms with Crippen LogP contribution in [0.1, 0.15) is 32.6 Å². The number of nitrogens with zero attached hydrogens (tertiary/aromatic N) is 1. The van der Waals surface area contributed by atoms with E-state index >= 15 is 0 Å². The van der Waals surface area contributed by atoms with Crippen LogP contribution in [0.15, 0.2) is 11.6 Å². The molecule has 80 valence electrons. The van der Waals surface area contributed by atoms with Crippen LogP contribution < -0.4 is 0 Å². The molecule has 0 spiro atoms. The lowest BCUT2D eigenvalue weighted by Gasteiger charge is -2.39. The van der Waals surface area contributed by atoms with Crippen LogP contribution in [0, 0.1) is 17.8 Å². The molecule has 0 radical (unpaired) electrons. The van der Waals surface area contributed by atoms with Crippen LogP contribution in [0.2, 0.25) is 0 Å². The number of allylic oxidation sites excluding steroid dienone is 2. The molecule has 1 fully saturated rings. The maximum Gasteiger partial charge on any atom is 0.000388 e. The molecule has 2 bridgehead atoms. The first-order chi connectivity index (χ1) is 6.65. The summed E-state index contributed by atoms with van der Waals surface area (Å²) in [4.78, 5) is 2.35. The van der Waals surface area contributed by atoms with E-state index in [9.17, 15) is 0 Å². The molecule has 0 heterocycles. The summed E-state index contributed by atoms with van der Waals surface area (Å²) in [5, 5.41) is 0. The average molecular weight is 193 g/mol. The summed E-state index contributed by atoms with van der Waals surface area (Å²) < 4.78 is 0. The highest BCUT2D eigenvalue weighted by Crippen LogP contribution is 2.42. The minimum atomic E-state index is 0.924. The van der Waals surface area contributed by atoms with Crippen LogP contribution in [0.3, 0.4) is 0 Å². The Morgan fingerprint density at radius 2 is 2.07 bits per heavy atom. The van der Waals surface area contributed by atoms with Crippen LogP contribution in [0.5, 0.6) is 0 Å². The molecule has 1 nitrogen and oxygen atoms in total. The highest BCUT2D eigenvalue weighted by molar-refractivity contribution is 5.10. The highest BCUT2D eigenvalue weighted by atomic mass is 15.1. The normalized spacial score (nSPS) is 37.1. The molecule has 14 heavy (non-hydrogen) atoms. The zero-order valence-corrected chi connectivity index (χ0v) is 9.79. The van der Waals surface area contributed by atoms with Crippen molar-refractivity contribution in [2.45, 2.75) is 32.6 Å². The predicted molar refractivity (Wildman–Crippen MR) is 61.2 cm³/mol. The minimum absolute atomic E-state index is 0.924. The van der Waals surface area contributed by atoms with Crippen molar-refractivity contribution in [3.63, 3.8) is 0 Å². The topological polar surface area (TPSA) is 3.24 Å². The van der Waals surface area contributed by atoms with Crippen molar-refractivity contribution in [3.05, 3.63) is 11.6 Å². The Bertz CT molecular complexity index is 229. The van der Waals surface area contributed by atoms with Crippen LogP contribution in [-0.2, 0) is 0 Å². The second-order valence-corrected chi connectivity index (χ2v) is 5.58. The number of hydrogen-bond donors (Lipinski definition) is 0. The van der Waals surface area contributed by atoms with Gasteiger partial charge in [-0.2, -0.15) is 0 Å². The van der Waals surface area contributed by atoms with Gasteiger partial charge in [0.1, 0.15) is 0 Å². The van der Waals surface area contributed by atoms with Gasteiger partial charge in [-0.3, -0.25) is 0 Å². The second-order valence-electron chi connectivity index (χ2n) is 5.58. The molecule has 0 N–H and O–H groups in total. The van der Waals surface area contributed by atoms with Crippen LogP contribution in [0.25, 0.3) is 0 Å². The quantitative estimate of drug-likeness (QED) is 0.609. The summed E-state index contributed by atoms with van der Waals surface area (Å²) in [5.41, 5.74) is 1.67. The fourth-order valence-corrected chi connectivity index (χ4v) is 3.31. The lowest BCUT2D eigenvalue weighted by Crippen LogP contribution is -2.32. The molecule has 1 heteroatoms. The van der Waals surface area contributed by atoms with Crippen molar-refractivity contribution in [2.75, 3.05) is 20.6 Å². The van der Waals surface area contributed by atoms with E-state index in [0.717, 1.165) is 17.8 Å². The van der Waals surface area contributed by atoms with Crippen molar-refractivity contribution >= 4 is 0 Å². The van der Waals surface area contributed by atoms with Gasteiger partial charge in [0, 0.05) is 6.54 Å². The van der Waals surface area contributed by atoms with E-state index < -0.39 is 0 Å². The Kier molecular flexibility index (Phi) is 2.96. The van der Waals surface area contributed by atoms with Gasteiger partial charge in [-0.05, 0) is 64.5 Å². The van der Waals surface area contributed by atoms with E-state index in [1.165, 1.54) is 32.2 Å². The summed E-state index contributed by atoms with van der Waals surface area (Å²) in [7, 11) is 4.40. The van der Waals surface area contributed by atoms with E-state index in [4.69, 9.17) is 0 Å². The van der Waals surface area contributed by atoms with Gasteiger partial charge in [-0.15, -0.1) is 0 Å². The van der Waals surface area contributed by atoms with E-state index in [1.807, 2.05) is 0 Å². The first kappa shape index (κ1) is 10.2. The summed E-state index contributed by atoms with van der Waals surface area (Å²) in [6.07, 6.45) is 8.23. The van der Waals surface area contributed by atoms with Crippen molar-refractivity contribution in [1.82, 2.24) is 4.90 Å². The third kappa shape index (κ3) is 2.20. The van der Waals surface area contributed by atoms with Gasteiger partial charge in [-0.1, -0.05) is 11.6 Å². The van der Waals surface area contributed by atoms with Crippen molar-refractivity contribution in [1.29, 1.82) is 0 Å². The summed E-state index contributed by atoms with van der Waals surface area (Å²) in [5.74, 6) is 2.88. The van der Waals surface area contributed by atoms with E-state index in [0.29, 0.717) is 0 Å². The van der Waals surface area contributed by atoms with Gasteiger partial charge >= 0.3 is 0 Å². The van der Waals surface area contributed by atoms with Gasteiger partial charge in [-0.25, -0.2) is 0 Å². The zero-order valence-electron chi connectivity index (χ0n) is 9.79.